The van der Waals surface area contributed by atoms with E-state index >= 15 is 0 Å². The molecule has 5 nitrogen and oxygen atoms in total. The molecule has 12 heteroatoms. The maximum absolute atomic E-state index is 13.4. The Morgan fingerprint density at radius 1 is 1.00 bits per heavy atom. The van der Waals surface area contributed by atoms with E-state index in [4.69, 9.17) is 0 Å². The smallest absolute Gasteiger partial charge is 0.367 e. The number of nitrogens with one attached hydrogen (secondary N) is 1. The highest BCUT2D eigenvalue weighted by molar-refractivity contribution is 5.85. The number of hydrogen-bond acceptors (Lipinski definition) is 5. The van der Waals surface area contributed by atoms with E-state index in [-0.39, 0.29) is 31.9 Å². The number of piperidine rings is 1. The second kappa shape index (κ2) is 8.64. The molecule has 1 aliphatic rings. The molecule has 2 aromatic heterocycles. The number of hydrogen-bond donors (Lipinski definition) is 1. The monoisotopic (exact) mass is 429 g/mol. The van der Waals surface area contributed by atoms with E-state index in [1.807, 2.05) is 0 Å². The zero-order valence-electron chi connectivity index (χ0n) is 14.5. The van der Waals surface area contributed by atoms with Crippen LogP contribution in [-0.4, -0.2) is 53.0 Å². The van der Waals surface area contributed by atoms with Gasteiger partial charge in [0.2, 0.25) is 0 Å². The molecule has 1 aliphatic heterocycles. The van der Waals surface area contributed by atoms with Gasteiger partial charge in [0.15, 0.2) is 5.65 Å². The molecule has 2 atom stereocenters. The first-order chi connectivity index (χ1) is 12.6. The predicted octanol–water partition coefficient (Wildman–Crippen LogP) is 3.75. The zero-order valence-corrected chi connectivity index (χ0v) is 15.3. The van der Waals surface area contributed by atoms with E-state index in [2.05, 4.69) is 20.3 Å². The molecule has 0 aliphatic carbocycles. The molecule has 28 heavy (non-hydrogen) atoms. The molecular weight excluding hydrogens is 412 g/mol. The molecule has 1 N–H and O–H groups in total. The Hall–Kier alpha value is -1.88. The van der Waals surface area contributed by atoms with Crippen LogP contribution in [0.25, 0.3) is 11.2 Å². The summed E-state index contributed by atoms with van der Waals surface area (Å²) in [5, 5.41) is 2.61. The number of rotatable bonds is 4. The third-order valence-electron chi connectivity index (χ3n) is 4.45. The van der Waals surface area contributed by atoms with Crippen LogP contribution in [0.2, 0.25) is 0 Å². The van der Waals surface area contributed by atoms with Crippen LogP contribution in [0.5, 0.6) is 0 Å². The van der Waals surface area contributed by atoms with Crippen LogP contribution < -0.4 is 10.2 Å². The first-order valence-electron chi connectivity index (χ1n) is 8.31. The van der Waals surface area contributed by atoms with Gasteiger partial charge in [-0.2, -0.15) is 26.3 Å². The molecule has 3 rings (SSSR count). The van der Waals surface area contributed by atoms with Crippen molar-refractivity contribution >= 4 is 29.3 Å². The summed E-state index contributed by atoms with van der Waals surface area (Å²) in [5.41, 5.74) is 1.09. The Labute approximate surface area is 163 Å². The topological polar surface area (TPSA) is 53.9 Å². The van der Waals surface area contributed by atoms with E-state index in [0.717, 1.165) is 0 Å². The van der Waals surface area contributed by atoms with Gasteiger partial charge in [0, 0.05) is 44.3 Å². The number of nitrogens with zero attached hydrogens (tertiary/aromatic N) is 4. The molecule has 0 bridgehead atoms. The normalized spacial score (nSPS) is 20.9. The molecule has 1 saturated heterocycles. The van der Waals surface area contributed by atoms with Crippen molar-refractivity contribution in [2.45, 2.75) is 31.2 Å². The van der Waals surface area contributed by atoms with Gasteiger partial charge in [-0.15, -0.1) is 12.4 Å². The van der Waals surface area contributed by atoms with Crippen molar-refractivity contribution in [2.24, 2.45) is 5.92 Å². The van der Waals surface area contributed by atoms with Crippen molar-refractivity contribution in [2.75, 3.05) is 24.5 Å². The number of anilines is 1. The highest BCUT2D eigenvalue weighted by Crippen LogP contribution is 2.36. The minimum absolute atomic E-state index is 0. The minimum atomic E-state index is -4.45. The van der Waals surface area contributed by atoms with E-state index in [0.29, 0.717) is 16.9 Å². The lowest BCUT2D eigenvalue weighted by molar-refractivity contribution is -0.178. The maximum atomic E-state index is 13.4. The summed E-state index contributed by atoms with van der Waals surface area (Å²) in [4.78, 5) is 13.7. The van der Waals surface area contributed by atoms with Gasteiger partial charge in [-0.1, -0.05) is 0 Å². The van der Waals surface area contributed by atoms with Gasteiger partial charge in [-0.25, -0.2) is 15.0 Å². The Balaban J connectivity index is 0.00000280. The minimum Gasteiger partial charge on any atom is -0.367 e. The van der Waals surface area contributed by atoms with Crippen molar-refractivity contribution in [1.82, 2.24) is 20.3 Å². The van der Waals surface area contributed by atoms with E-state index in [1.54, 1.807) is 6.07 Å². The lowest BCUT2D eigenvalue weighted by Crippen LogP contribution is -2.53. The average Bonchev–Trinajstić information content (AvgIpc) is 2.59. The fraction of sp³-hybridized carbons (Fsp3) is 0.562. The third-order valence-corrected chi connectivity index (χ3v) is 4.45. The maximum Gasteiger partial charge on any atom is 0.393 e. The Morgan fingerprint density at radius 2 is 1.68 bits per heavy atom. The van der Waals surface area contributed by atoms with Crippen LogP contribution in [0.1, 0.15) is 12.8 Å². The van der Waals surface area contributed by atoms with Crippen LogP contribution >= 0.6 is 12.4 Å². The second-order valence-electron chi connectivity index (χ2n) is 6.45. The molecule has 0 amide bonds. The summed E-state index contributed by atoms with van der Waals surface area (Å²) in [6.07, 6.45) is -5.90. The summed E-state index contributed by atoms with van der Waals surface area (Å²) >= 11 is 0. The number of aromatic nitrogens is 3. The van der Waals surface area contributed by atoms with Crippen molar-refractivity contribution in [3.8, 4) is 0 Å². The fourth-order valence-corrected chi connectivity index (χ4v) is 3.22. The average molecular weight is 430 g/mol. The first-order valence-corrected chi connectivity index (χ1v) is 8.31. The quantitative estimate of drug-likeness (QED) is 0.750. The number of pyridine rings is 1. The van der Waals surface area contributed by atoms with Gasteiger partial charge < -0.3 is 10.2 Å². The van der Waals surface area contributed by atoms with Crippen LogP contribution in [-0.2, 0) is 0 Å². The highest BCUT2D eigenvalue weighted by atomic mass is 35.5. The molecular formula is C16H18ClF6N5. The van der Waals surface area contributed by atoms with E-state index < -0.39 is 37.3 Å². The third kappa shape index (κ3) is 5.57. The molecule has 0 radical (unpaired) electrons. The van der Waals surface area contributed by atoms with Crippen LogP contribution in [0, 0.1) is 5.92 Å². The van der Waals surface area contributed by atoms with Gasteiger partial charge in [-0.3, -0.25) is 0 Å². The van der Waals surface area contributed by atoms with Crippen molar-refractivity contribution in [1.29, 1.82) is 0 Å². The van der Waals surface area contributed by atoms with Crippen LogP contribution in [0.4, 0.5) is 32.0 Å². The van der Waals surface area contributed by atoms with Gasteiger partial charge in [0.05, 0.1) is 18.0 Å². The summed E-state index contributed by atoms with van der Waals surface area (Å²) in [6, 6.07) is 0.815. The van der Waals surface area contributed by atoms with Crippen LogP contribution in [0.3, 0.4) is 0 Å². The van der Waals surface area contributed by atoms with E-state index in [9.17, 15) is 26.3 Å². The predicted molar refractivity (Wildman–Crippen MR) is 93.4 cm³/mol. The fourth-order valence-electron chi connectivity index (χ4n) is 3.22. The Bertz CT molecular complexity index is 779. The highest BCUT2D eigenvalue weighted by Gasteiger charge is 2.45. The SMILES string of the molecule is Cl.FC(F)(F)CCNC1CC(C(F)(F)F)CN(c2ccnc3nccnc23)C1. The Kier molecular flexibility index (Phi) is 6.92. The largest absolute Gasteiger partial charge is 0.393 e. The molecule has 1 fully saturated rings. The van der Waals surface area contributed by atoms with Crippen molar-refractivity contribution in [3.63, 3.8) is 0 Å². The molecule has 2 unspecified atom stereocenters. The number of alkyl halides is 6. The zero-order chi connectivity index (χ0) is 19.7. The molecule has 156 valence electrons. The first kappa shape index (κ1) is 22.4. The second-order valence-corrected chi connectivity index (χ2v) is 6.45. The molecule has 2 aromatic rings. The summed E-state index contributed by atoms with van der Waals surface area (Å²) < 4.78 is 77.1. The molecule has 0 saturated carbocycles. The lowest BCUT2D eigenvalue weighted by atomic mass is 9.93. The molecule has 0 spiro atoms. The van der Waals surface area contributed by atoms with Gasteiger partial charge >= 0.3 is 12.4 Å². The van der Waals surface area contributed by atoms with Gasteiger partial charge in [0.1, 0.15) is 5.52 Å². The Morgan fingerprint density at radius 3 is 2.36 bits per heavy atom. The van der Waals surface area contributed by atoms with Crippen LogP contribution in [0.15, 0.2) is 24.7 Å². The van der Waals surface area contributed by atoms with Crippen molar-refractivity contribution in [3.05, 3.63) is 24.7 Å². The summed E-state index contributed by atoms with van der Waals surface area (Å²) in [6.45, 7) is -0.583. The standard InChI is InChI=1S/C16H17F6N5.ClH/c17-15(18,19)2-4-23-11-7-10(16(20,21)22)8-27(9-11)12-1-3-25-14-13(12)24-5-6-26-14;/h1,3,5-6,10-11,23H,2,4,7-9H2;1H. The van der Waals surface area contributed by atoms with Crippen molar-refractivity contribution < 1.29 is 26.3 Å². The van der Waals surface area contributed by atoms with Gasteiger partial charge in [0.25, 0.3) is 0 Å². The summed E-state index contributed by atoms with van der Waals surface area (Å²) in [7, 11) is 0. The number of halogens is 7. The van der Waals surface area contributed by atoms with E-state index in [1.165, 1.54) is 23.5 Å². The summed E-state index contributed by atoms with van der Waals surface area (Å²) in [5.74, 6) is -1.66. The molecule has 3 heterocycles. The number of fused-ring (bicyclic) bond motifs is 1. The molecule has 0 aromatic carbocycles. The lowest BCUT2D eigenvalue weighted by Gasteiger charge is -2.40. The van der Waals surface area contributed by atoms with Gasteiger partial charge in [-0.05, 0) is 12.5 Å².